The molecule has 1 saturated heterocycles. The number of hydrogen-bond acceptors (Lipinski definition) is 5. The normalized spacial score (nSPS) is 18.3. The lowest BCUT2D eigenvalue weighted by atomic mass is 9.88. The smallest absolute Gasteiger partial charge is 0.193 e. The van der Waals surface area contributed by atoms with Crippen molar-refractivity contribution in [2.45, 2.75) is 31.8 Å². The molecule has 130 valence electrons. The van der Waals surface area contributed by atoms with E-state index in [2.05, 4.69) is 51.6 Å². The molecule has 1 N–H and O–H groups in total. The molecule has 0 atom stereocenters. The molecule has 2 heterocycles. The van der Waals surface area contributed by atoms with Gasteiger partial charge in [0.25, 0.3) is 0 Å². The van der Waals surface area contributed by atoms with Crippen molar-refractivity contribution in [1.29, 1.82) is 0 Å². The highest BCUT2D eigenvalue weighted by atomic mass is 32.1. The number of ether oxygens (including phenoxy) is 1. The lowest BCUT2D eigenvalue weighted by molar-refractivity contribution is -0.00522. The molecular weight excluding hydrogens is 310 g/mol. The summed E-state index contributed by atoms with van der Waals surface area (Å²) >= 11 is 1.69. The summed E-state index contributed by atoms with van der Waals surface area (Å²) in [6, 6.07) is 0. The van der Waals surface area contributed by atoms with Crippen LogP contribution in [0.5, 0.6) is 0 Å². The summed E-state index contributed by atoms with van der Waals surface area (Å²) < 4.78 is 5.53. The molecule has 0 saturated carbocycles. The molecule has 0 aromatic carbocycles. The van der Waals surface area contributed by atoms with Crippen LogP contribution in [0.15, 0.2) is 10.4 Å². The van der Waals surface area contributed by atoms with E-state index in [0.717, 1.165) is 55.8 Å². The topological polar surface area (TPSA) is 53.0 Å². The average molecular weight is 340 g/mol. The number of rotatable bonds is 5. The van der Waals surface area contributed by atoms with E-state index in [-0.39, 0.29) is 5.54 Å². The van der Waals surface area contributed by atoms with Crippen LogP contribution in [0.1, 0.15) is 23.5 Å². The number of nitrogens with one attached hydrogen (secondary N) is 1. The van der Waals surface area contributed by atoms with E-state index in [1.807, 2.05) is 14.0 Å². The van der Waals surface area contributed by atoms with E-state index >= 15 is 0 Å². The third-order valence-electron chi connectivity index (χ3n) is 4.59. The van der Waals surface area contributed by atoms with E-state index < -0.39 is 0 Å². The van der Waals surface area contributed by atoms with Crippen molar-refractivity contribution in [3.05, 3.63) is 16.1 Å². The Kier molecular flexibility index (Phi) is 6.38. The molecule has 0 amide bonds. The number of guanidine groups is 1. The van der Waals surface area contributed by atoms with Crippen LogP contribution in [0, 0.1) is 6.92 Å². The van der Waals surface area contributed by atoms with Crippen molar-refractivity contribution in [3.63, 3.8) is 0 Å². The first-order valence-corrected chi connectivity index (χ1v) is 8.93. The molecular formula is C16H29N5OS. The van der Waals surface area contributed by atoms with Gasteiger partial charge in [-0.25, -0.2) is 4.98 Å². The number of aryl methyl sites for hydroxylation is 1. The Morgan fingerprint density at radius 2 is 2.09 bits per heavy atom. The minimum absolute atomic E-state index is 0.131. The Hall–Kier alpha value is -1.18. The van der Waals surface area contributed by atoms with Crippen LogP contribution >= 0.6 is 11.3 Å². The van der Waals surface area contributed by atoms with E-state index in [4.69, 9.17) is 4.74 Å². The summed E-state index contributed by atoms with van der Waals surface area (Å²) in [4.78, 5) is 13.4. The number of thiazole rings is 1. The van der Waals surface area contributed by atoms with Crippen LogP contribution in [0.4, 0.5) is 0 Å². The van der Waals surface area contributed by atoms with E-state index in [9.17, 15) is 0 Å². The molecule has 0 spiro atoms. The first kappa shape index (κ1) is 18.2. The third kappa shape index (κ3) is 4.65. The number of nitrogens with zero attached hydrogens (tertiary/aromatic N) is 4. The lowest BCUT2D eigenvalue weighted by Gasteiger charge is -2.43. The molecule has 1 aliphatic heterocycles. The monoisotopic (exact) mass is 339 g/mol. The molecule has 0 aliphatic carbocycles. The van der Waals surface area contributed by atoms with Gasteiger partial charge in [0.2, 0.25) is 0 Å². The summed E-state index contributed by atoms with van der Waals surface area (Å²) in [5, 5.41) is 6.75. The molecule has 23 heavy (non-hydrogen) atoms. The minimum Gasteiger partial charge on any atom is -0.381 e. The Bertz CT molecular complexity index is 522. The second-order valence-corrected chi connectivity index (χ2v) is 7.41. The predicted molar refractivity (Wildman–Crippen MR) is 96.2 cm³/mol. The van der Waals surface area contributed by atoms with Crippen molar-refractivity contribution in [2.75, 3.05) is 47.9 Å². The highest BCUT2D eigenvalue weighted by molar-refractivity contribution is 7.09. The van der Waals surface area contributed by atoms with Gasteiger partial charge in [0.05, 0.1) is 17.2 Å². The number of aliphatic imine (C=N–C) groups is 1. The van der Waals surface area contributed by atoms with Crippen molar-refractivity contribution in [1.82, 2.24) is 20.1 Å². The highest BCUT2D eigenvalue weighted by Crippen LogP contribution is 2.25. The van der Waals surface area contributed by atoms with Gasteiger partial charge < -0.3 is 19.9 Å². The van der Waals surface area contributed by atoms with Gasteiger partial charge in [0.15, 0.2) is 5.96 Å². The van der Waals surface area contributed by atoms with Gasteiger partial charge in [-0.15, -0.1) is 11.3 Å². The maximum atomic E-state index is 5.53. The number of likely N-dealkylation sites (N-methyl/N-ethyl adjacent to an activating group) is 1. The summed E-state index contributed by atoms with van der Waals surface area (Å²) in [5.74, 6) is 0.906. The van der Waals surface area contributed by atoms with Gasteiger partial charge in [-0.1, -0.05) is 0 Å². The Morgan fingerprint density at radius 3 is 2.61 bits per heavy atom. The number of hydrogen-bond donors (Lipinski definition) is 1. The zero-order chi connectivity index (χ0) is 16.9. The standard InChI is InChI=1S/C16H29N5OS/c1-13-19-14(11-23-13)10-21(5)15(17-2)18-12-16(20(3)4)6-8-22-9-7-16/h11H,6-10,12H2,1-5H3,(H,17,18). The third-order valence-corrected chi connectivity index (χ3v) is 5.41. The first-order chi connectivity index (χ1) is 11.0. The Morgan fingerprint density at radius 1 is 1.39 bits per heavy atom. The summed E-state index contributed by atoms with van der Waals surface area (Å²) in [6.45, 7) is 5.32. The zero-order valence-corrected chi connectivity index (χ0v) is 15.7. The van der Waals surface area contributed by atoms with Crippen LogP contribution in [0.2, 0.25) is 0 Å². The van der Waals surface area contributed by atoms with Crippen molar-refractivity contribution in [2.24, 2.45) is 4.99 Å². The lowest BCUT2D eigenvalue weighted by Crippen LogP contribution is -2.57. The Balaban J connectivity index is 1.95. The molecule has 6 nitrogen and oxygen atoms in total. The number of aromatic nitrogens is 1. The first-order valence-electron chi connectivity index (χ1n) is 8.05. The minimum atomic E-state index is 0.131. The second kappa shape index (κ2) is 8.08. The Labute approximate surface area is 143 Å². The fourth-order valence-corrected chi connectivity index (χ4v) is 3.56. The second-order valence-electron chi connectivity index (χ2n) is 6.35. The highest BCUT2D eigenvalue weighted by Gasteiger charge is 2.35. The van der Waals surface area contributed by atoms with Crippen LogP contribution < -0.4 is 5.32 Å². The van der Waals surface area contributed by atoms with Gasteiger partial charge in [-0.05, 0) is 33.9 Å². The molecule has 1 aliphatic rings. The molecule has 1 aromatic heterocycles. The van der Waals surface area contributed by atoms with Crippen molar-refractivity contribution < 1.29 is 4.74 Å². The van der Waals surface area contributed by atoms with Gasteiger partial charge >= 0.3 is 0 Å². The fourth-order valence-electron chi connectivity index (χ4n) is 2.96. The molecule has 0 radical (unpaired) electrons. The predicted octanol–water partition coefficient (Wildman–Crippen LogP) is 1.57. The van der Waals surface area contributed by atoms with Gasteiger partial charge in [0, 0.05) is 44.8 Å². The molecule has 0 unspecified atom stereocenters. The average Bonchev–Trinajstić information content (AvgIpc) is 2.93. The maximum absolute atomic E-state index is 5.53. The summed E-state index contributed by atoms with van der Waals surface area (Å²) in [5.41, 5.74) is 1.22. The molecule has 2 rings (SSSR count). The van der Waals surface area contributed by atoms with E-state index in [0.29, 0.717) is 0 Å². The van der Waals surface area contributed by atoms with Crippen LogP contribution in [0.25, 0.3) is 0 Å². The molecule has 7 heteroatoms. The van der Waals surface area contributed by atoms with E-state index in [1.54, 1.807) is 11.3 Å². The van der Waals surface area contributed by atoms with Crippen molar-refractivity contribution in [3.8, 4) is 0 Å². The van der Waals surface area contributed by atoms with Crippen LogP contribution in [0.3, 0.4) is 0 Å². The largest absolute Gasteiger partial charge is 0.381 e. The zero-order valence-electron chi connectivity index (χ0n) is 14.9. The molecule has 1 aromatic rings. The fraction of sp³-hybridized carbons (Fsp3) is 0.750. The van der Waals surface area contributed by atoms with Crippen LogP contribution in [-0.2, 0) is 11.3 Å². The van der Waals surface area contributed by atoms with Crippen LogP contribution in [-0.4, -0.2) is 74.2 Å². The molecule has 0 bridgehead atoms. The summed E-state index contributed by atoms with van der Waals surface area (Å²) in [6.07, 6.45) is 2.08. The molecule has 1 fully saturated rings. The summed E-state index contributed by atoms with van der Waals surface area (Å²) in [7, 11) is 8.18. The van der Waals surface area contributed by atoms with Crippen molar-refractivity contribution >= 4 is 17.3 Å². The quantitative estimate of drug-likeness (QED) is 0.652. The van der Waals surface area contributed by atoms with Gasteiger partial charge in [-0.3, -0.25) is 4.99 Å². The van der Waals surface area contributed by atoms with E-state index in [1.165, 1.54) is 0 Å². The van der Waals surface area contributed by atoms with Gasteiger partial charge in [0.1, 0.15) is 0 Å². The van der Waals surface area contributed by atoms with Gasteiger partial charge in [-0.2, -0.15) is 0 Å². The maximum Gasteiger partial charge on any atom is 0.193 e. The SMILES string of the molecule is CN=C(NCC1(N(C)C)CCOCC1)N(C)Cc1csc(C)n1.